The summed E-state index contributed by atoms with van der Waals surface area (Å²) in [6, 6.07) is 0. The topological polar surface area (TPSA) is 72.8 Å². The Kier molecular flexibility index (Phi) is 4.56. The van der Waals surface area contributed by atoms with Crippen LogP contribution in [0.25, 0.3) is 0 Å². The third-order valence-electron chi connectivity index (χ3n) is 0.667. The maximum Gasteiger partial charge on any atom is 0.383 e. The highest BCUT2D eigenvalue weighted by Gasteiger charge is 2.13. The fraction of sp³-hybridized carbons (Fsp3) is 0.600. The average Bonchev–Trinajstić information content (AvgIpc) is 1.99. The van der Waals surface area contributed by atoms with Gasteiger partial charge in [0.25, 0.3) is 0 Å². The van der Waals surface area contributed by atoms with E-state index in [9.17, 15) is 9.59 Å². The van der Waals surface area contributed by atoms with Crippen LogP contribution in [0.4, 0.5) is 0 Å². The van der Waals surface area contributed by atoms with Gasteiger partial charge in [0.05, 0.1) is 0 Å². The minimum atomic E-state index is -1.32. The summed E-state index contributed by atoms with van der Waals surface area (Å²) in [5.41, 5.74) is 0. The fourth-order valence-electron chi connectivity index (χ4n) is 0.179. The summed E-state index contributed by atoms with van der Waals surface area (Å²) in [7, 11) is 0. The minimum Gasteiger partial charge on any atom is -0.382 e. The summed E-state index contributed by atoms with van der Waals surface area (Å²) in [5.74, 6) is -2.34. The molecule has 0 aliphatic heterocycles. The number of carbonyl (C=O) groups is 2. The summed E-state index contributed by atoms with van der Waals surface area (Å²) < 4.78 is 0. The van der Waals surface area contributed by atoms with Crippen LogP contribution in [0.15, 0.2) is 0 Å². The Morgan fingerprint density at radius 1 is 1.55 bits per heavy atom. The predicted octanol–water partition coefficient (Wildman–Crippen LogP) is -0.393. The molecule has 64 valence electrons. The number of hydrogen-bond acceptors (Lipinski definition) is 5. The van der Waals surface area contributed by atoms with Crippen LogP contribution in [-0.4, -0.2) is 29.0 Å². The van der Waals surface area contributed by atoms with Gasteiger partial charge in [-0.1, -0.05) is 0 Å². The second-order valence-electron chi connectivity index (χ2n) is 1.67. The molecule has 0 heterocycles. The molecule has 0 aliphatic carbocycles. The van der Waals surface area contributed by atoms with Crippen molar-refractivity contribution in [1.29, 1.82) is 0 Å². The van der Waals surface area contributed by atoms with Crippen molar-refractivity contribution in [2.75, 3.05) is 5.88 Å². The monoisotopic (exact) mass is 182 g/mol. The van der Waals surface area contributed by atoms with Crippen molar-refractivity contribution < 1.29 is 24.5 Å². The number of hydrogen-bond donors (Lipinski definition) is 1. The van der Waals surface area contributed by atoms with Gasteiger partial charge in [-0.3, -0.25) is 0 Å². The van der Waals surface area contributed by atoms with Crippen molar-refractivity contribution in [3.63, 3.8) is 0 Å². The first-order valence-electron chi connectivity index (χ1n) is 2.73. The van der Waals surface area contributed by atoms with E-state index in [1.54, 1.807) is 0 Å². The smallest absolute Gasteiger partial charge is 0.382 e. The Hall–Kier alpha value is -0.810. The van der Waals surface area contributed by atoms with Gasteiger partial charge < -0.3 is 5.11 Å². The number of halogens is 1. The first kappa shape index (κ1) is 10.2. The van der Waals surface area contributed by atoms with Crippen LogP contribution in [0.3, 0.4) is 0 Å². The summed E-state index contributed by atoms with van der Waals surface area (Å²) in [6.07, 6.45) is -1.32. The second-order valence-corrected chi connectivity index (χ2v) is 1.93. The van der Waals surface area contributed by atoms with Gasteiger partial charge in [0.1, 0.15) is 5.88 Å². The Morgan fingerprint density at radius 2 is 2.09 bits per heavy atom. The van der Waals surface area contributed by atoms with E-state index in [0.29, 0.717) is 0 Å². The number of aliphatic hydroxyl groups excluding tert-OH is 1. The van der Waals surface area contributed by atoms with Gasteiger partial charge in [0.2, 0.25) is 0 Å². The molecule has 1 unspecified atom stereocenters. The van der Waals surface area contributed by atoms with Crippen molar-refractivity contribution in [3.8, 4) is 0 Å². The number of alkyl halides is 1. The quantitative estimate of drug-likeness (QED) is 0.358. The maximum absolute atomic E-state index is 10.4. The van der Waals surface area contributed by atoms with Crippen LogP contribution in [0.5, 0.6) is 0 Å². The van der Waals surface area contributed by atoms with E-state index >= 15 is 0 Å². The molecule has 0 saturated carbocycles. The Balaban J connectivity index is 3.54. The Bertz CT molecular complexity index is 155. The molecule has 11 heavy (non-hydrogen) atoms. The van der Waals surface area contributed by atoms with Crippen LogP contribution in [0.1, 0.15) is 6.92 Å². The molecule has 0 aromatic rings. The Labute approximate surface area is 67.8 Å². The highest BCUT2D eigenvalue weighted by molar-refractivity contribution is 6.26. The summed E-state index contributed by atoms with van der Waals surface area (Å²) in [5, 5.41) is 8.51. The molecule has 5 nitrogen and oxygen atoms in total. The normalized spacial score (nSPS) is 11.9. The summed E-state index contributed by atoms with van der Waals surface area (Å²) >= 11 is 4.99. The van der Waals surface area contributed by atoms with Crippen molar-refractivity contribution in [2.45, 2.75) is 13.0 Å². The minimum absolute atomic E-state index is 0.410. The molecular formula is C5H7ClO5. The molecule has 0 aliphatic rings. The zero-order chi connectivity index (χ0) is 8.85. The van der Waals surface area contributed by atoms with Crippen LogP contribution < -0.4 is 0 Å². The van der Waals surface area contributed by atoms with Crippen LogP contribution >= 0.6 is 11.6 Å². The molecule has 0 saturated heterocycles. The van der Waals surface area contributed by atoms with Gasteiger partial charge in [0.15, 0.2) is 6.10 Å². The summed E-state index contributed by atoms with van der Waals surface area (Å²) in [6.45, 7) is 1.18. The van der Waals surface area contributed by atoms with Gasteiger partial charge in [0, 0.05) is 0 Å². The first-order chi connectivity index (χ1) is 5.07. The zero-order valence-corrected chi connectivity index (χ0v) is 6.50. The molecule has 0 rings (SSSR count). The lowest BCUT2D eigenvalue weighted by atomic mass is 10.4. The molecule has 0 radical (unpaired) electrons. The zero-order valence-electron chi connectivity index (χ0n) is 5.74. The molecule has 0 aromatic heterocycles. The Morgan fingerprint density at radius 3 is 2.45 bits per heavy atom. The van der Waals surface area contributed by atoms with Gasteiger partial charge in [-0.15, -0.1) is 11.6 Å². The third kappa shape index (κ3) is 4.58. The largest absolute Gasteiger partial charge is 0.383 e. The van der Waals surface area contributed by atoms with Gasteiger partial charge in [-0.05, 0) is 6.92 Å². The lowest BCUT2D eigenvalue weighted by Crippen LogP contribution is -2.21. The van der Waals surface area contributed by atoms with Gasteiger partial charge in [-0.2, -0.15) is 0 Å². The van der Waals surface area contributed by atoms with E-state index in [1.807, 2.05) is 0 Å². The van der Waals surface area contributed by atoms with Crippen LogP contribution in [0, 0.1) is 0 Å². The van der Waals surface area contributed by atoms with E-state index in [-0.39, 0.29) is 0 Å². The van der Waals surface area contributed by atoms with Crippen LogP contribution in [-0.2, 0) is 19.4 Å². The first-order valence-corrected chi connectivity index (χ1v) is 3.26. The molecule has 1 atom stereocenters. The molecule has 0 amide bonds. The molecule has 0 bridgehead atoms. The third-order valence-corrected chi connectivity index (χ3v) is 0.885. The van der Waals surface area contributed by atoms with Crippen LogP contribution in [0.2, 0.25) is 0 Å². The highest BCUT2D eigenvalue weighted by atomic mass is 35.5. The number of carbonyl (C=O) groups excluding carboxylic acids is 2. The second kappa shape index (κ2) is 4.92. The maximum atomic E-state index is 10.4. The van der Waals surface area contributed by atoms with Crippen molar-refractivity contribution in [1.82, 2.24) is 0 Å². The molecule has 0 spiro atoms. The fourth-order valence-corrected chi connectivity index (χ4v) is 0.224. The van der Waals surface area contributed by atoms with E-state index < -0.39 is 23.9 Å². The molecule has 0 fully saturated rings. The van der Waals surface area contributed by atoms with Crippen molar-refractivity contribution >= 4 is 23.5 Å². The SMILES string of the molecule is CC(O)C(=O)OOC(=O)CCl. The molecule has 0 aromatic carbocycles. The van der Waals surface area contributed by atoms with E-state index in [4.69, 9.17) is 16.7 Å². The van der Waals surface area contributed by atoms with E-state index in [2.05, 4.69) is 9.78 Å². The van der Waals surface area contributed by atoms with Crippen molar-refractivity contribution in [2.24, 2.45) is 0 Å². The molecular weight excluding hydrogens is 176 g/mol. The lowest BCUT2D eigenvalue weighted by molar-refractivity contribution is -0.261. The summed E-state index contributed by atoms with van der Waals surface area (Å²) in [4.78, 5) is 28.3. The number of rotatable bonds is 2. The average molecular weight is 183 g/mol. The van der Waals surface area contributed by atoms with Crippen molar-refractivity contribution in [3.05, 3.63) is 0 Å². The van der Waals surface area contributed by atoms with E-state index in [1.165, 1.54) is 6.92 Å². The number of aliphatic hydroxyl groups is 1. The highest BCUT2D eigenvalue weighted by Crippen LogP contribution is 1.89. The standard InChI is InChI=1S/C5H7ClO5/c1-3(7)5(9)11-10-4(8)2-6/h3,7H,2H2,1H3. The van der Waals surface area contributed by atoms with E-state index in [0.717, 1.165) is 0 Å². The molecule has 1 N–H and O–H groups in total. The molecule has 6 heteroatoms. The lowest BCUT2D eigenvalue weighted by Gasteiger charge is -2.01. The van der Waals surface area contributed by atoms with Gasteiger partial charge >= 0.3 is 11.9 Å². The van der Waals surface area contributed by atoms with Gasteiger partial charge in [-0.25, -0.2) is 19.4 Å². The predicted molar refractivity (Wildman–Crippen MR) is 34.6 cm³/mol.